The molecule has 0 aliphatic rings. The van der Waals surface area contributed by atoms with E-state index in [1.54, 1.807) is 24.3 Å². The molecule has 0 saturated heterocycles. The average Bonchev–Trinajstić information content (AvgIpc) is 2.69. The van der Waals surface area contributed by atoms with Crippen LogP contribution in [0.3, 0.4) is 0 Å². The van der Waals surface area contributed by atoms with E-state index in [-0.39, 0.29) is 28.0 Å². The summed E-state index contributed by atoms with van der Waals surface area (Å²) in [6.45, 7) is -0.608. The van der Waals surface area contributed by atoms with E-state index in [0.717, 1.165) is 6.07 Å². The lowest BCUT2D eigenvalue weighted by atomic mass is 10.0. The highest BCUT2D eigenvalue weighted by molar-refractivity contribution is 6.04. The summed E-state index contributed by atoms with van der Waals surface area (Å²) < 4.78 is 4.91. The summed E-state index contributed by atoms with van der Waals surface area (Å²) in [7, 11) is 0. The molecule has 0 heterocycles. The summed E-state index contributed by atoms with van der Waals surface area (Å²) >= 11 is 0. The number of hydrogen-bond donors (Lipinski definition) is 4. The van der Waals surface area contributed by atoms with Gasteiger partial charge in [0.15, 0.2) is 6.61 Å². The first kappa shape index (κ1) is 18.7. The number of anilines is 1. The average molecular weight is 380 g/mol. The molecule has 8 heteroatoms. The van der Waals surface area contributed by atoms with Crippen LogP contribution in [-0.4, -0.2) is 34.6 Å². The zero-order valence-corrected chi connectivity index (χ0v) is 14.5. The summed E-state index contributed by atoms with van der Waals surface area (Å²) in [5.74, 6) is -2.71. The fraction of sp³-hybridized carbons (Fsp3) is 0.0500. The van der Waals surface area contributed by atoms with Crippen molar-refractivity contribution in [2.24, 2.45) is 5.73 Å². The maximum atomic E-state index is 12.2. The predicted molar refractivity (Wildman–Crippen MR) is 101 cm³/mol. The van der Waals surface area contributed by atoms with Gasteiger partial charge in [0.2, 0.25) is 5.91 Å². The molecule has 0 atom stereocenters. The number of phenolic OH excluding ortho intramolecular Hbond substituents is 2. The number of primary amides is 1. The molecule has 0 radical (unpaired) electrons. The Kier molecular flexibility index (Phi) is 5.12. The van der Waals surface area contributed by atoms with Crippen LogP contribution >= 0.6 is 0 Å². The Bertz CT molecular complexity index is 1080. The van der Waals surface area contributed by atoms with Gasteiger partial charge in [-0.2, -0.15) is 0 Å². The first-order valence-electron chi connectivity index (χ1n) is 8.17. The Balaban J connectivity index is 1.67. The maximum absolute atomic E-state index is 12.2. The van der Waals surface area contributed by atoms with Crippen molar-refractivity contribution in [3.05, 3.63) is 65.7 Å². The summed E-state index contributed by atoms with van der Waals surface area (Å²) in [5, 5.41) is 23.5. The third-order valence-electron chi connectivity index (χ3n) is 4.00. The van der Waals surface area contributed by atoms with Gasteiger partial charge < -0.3 is 26.0 Å². The van der Waals surface area contributed by atoms with Crippen LogP contribution in [0, 0.1) is 0 Å². The molecular formula is C20H16N2O6. The van der Waals surface area contributed by atoms with E-state index < -0.39 is 24.4 Å². The standard InChI is InChI=1S/C20H16N2O6/c21-19(26)11-5-7-12(8-6-11)22-17(24)10-28-20(27)15-9-16(23)13-3-1-2-4-14(13)18(15)25/h1-9,23,25H,10H2,(H2,21,26)(H,22,24). The molecule has 0 aromatic heterocycles. The van der Waals surface area contributed by atoms with Crippen molar-refractivity contribution in [3.8, 4) is 11.5 Å². The second-order valence-corrected chi connectivity index (χ2v) is 5.90. The Labute approximate surface area is 159 Å². The predicted octanol–water partition coefficient (Wildman–Crippen LogP) is 2.15. The first-order valence-corrected chi connectivity index (χ1v) is 8.17. The highest BCUT2D eigenvalue weighted by atomic mass is 16.5. The van der Waals surface area contributed by atoms with Crippen molar-refractivity contribution < 1.29 is 29.3 Å². The van der Waals surface area contributed by atoms with E-state index in [9.17, 15) is 24.6 Å². The molecule has 0 aliphatic carbocycles. The van der Waals surface area contributed by atoms with E-state index in [2.05, 4.69) is 5.32 Å². The number of benzene rings is 3. The van der Waals surface area contributed by atoms with E-state index in [4.69, 9.17) is 10.5 Å². The van der Waals surface area contributed by atoms with Gasteiger partial charge in [0, 0.05) is 22.0 Å². The molecule has 0 fully saturated rings. The number of fused-ring (bicyclic) bond motifs is 1. The third kappa shape index (κ3) is 3.85. The van der Waals surface area contributed by atoms with Crippen LogP contribution in [-0.2, 0) is 9.53 Å². The molecule has 3 rings (SSSR count). The molecule has 142 valence electrons. The molecular weight excluding hydrogens is 364 g/mol. The first-order chi connectivity index (χ1) is 13.4. The minimum atomic E-state index is -0.960. The zero-order valence-electron chi connectivity index (χ0n) is 14.5. The van der Waals surface area contributed by atoms with Gasteiger partial charge in [0.25, 0.3) is 5.91 Å². The molecule has 3 aromatic rings. The molecule has 3 aromatic carbocycles. The Morgan fingerprint density at radius 3 is 2.25 bits per heavy atom. The fourth-order valence-electron chi connectivity index (χ4n) is 2.62. The lowest BCUT2D eigenvalue weighted by Gasteiger charge is -2.10. The number of carbonyl (C=O) groups excluding carboxylic acids is 3. The zero-order chi connectivity index (χ0) is 20.3. The molecule has 0 spiro atoms. The highest BCUT2D eigenvalue weighted by Gasteiger charge is 2.19. The topological polar surface area (TPSA) is 139 Å². The van der Waals surface area contributed by atoms with Crippen LogP contribution in [0.2, 0.25) is 0 Å². The number of esters is 1. The Morgan fingerprint density at radius 2 is 1.61 bits per heavy atom. The fourth-order valence-corrected chi connectivity index (χ4v) is 2.62. The number of carbonyl (C=O) groups is 3. The van der Waals surface area contributed by atoms with Crippen LogP contribution in [0.4, 0.5) is 5.69 Å². The Morgan fingerprint density at radius 1 is 0.964 bits per heavy atom. The number of phenols is 2. The minimum Gasteiger partial charge on any atom is -0.507 e. The van der Waals surface area contributed by atoms with Crippen molar-refractivity contribution in [3.63, 3.8) is 0 Å². The van der Waals surface area contributed by atoms with E-state index in [0.29, 0.717) is 11.1 Å². The van der Waals surface area contributed by atoms with Crippen molar-refractivity contribution in [1.82, 2.24) is 0 Å². The van der Waals surface area contributed by atoms with E-state index >= 15 is 0 Å². The normalized spacial score (nSPS) is 10.4. The number of nitrogens with one attached hydrogen (secondary N) is 1. The largest absolute Gasteiger partial charge is 0.507 e. The molecule has 8 nitrogen and oxygen atoms in total. The van der Waals surface area contributed by atoms with Gasteiger partial charge in [0.05, 0.1) is 0 Å². The van der Waals surface area contributed by atoms with Crippen LogP contribution in [0.15, 0.2) is 54.6 Å². The molecule has 0 saturated carbocycles. The van der Waals surface area contributed by atoms with E-state index in [1.807, 2.05) is 0 Å². The van der Waals surface area contributed by atoms with Gasteiger partial charge in [0.1, 0.15) is 17.1 Å². The summed E-state index contributed by atoms with van der Waals surface area (Å²) in [4.78, 5) is 35.2. The highest BCUT2D eigenvalue weighted by Crippen LogP contribution is 2.35. The molecule has 2 amide bonds. The third-order valence-corrected chi connectivity index (χ3v) is 4.00. The lowest BCUT2D eigenvalue weighted by Crippen LogP contribution is -2.21. The van der Waals surface area contributed by atoms with Gasteiger partial charge in [-0.05, 0) is 30.3 Å². The minimum absolute atomic E-state index is 0.195. The van der Waals surface area contributed by atoms with Crippen molar-refractivity contribution in [1.29, 1.82) is 0 Å². The Hall–Kier alpha value is -4.07. The van der Waals surface area contributed by atoms with Gasteiger partial charge in [-0.15, -0.1) is 0 Å². The van der Waals surface area contributed by atoms with Crippen LogP contribution in [0.25, 0.3) is 10.8 Å². The van der Waals surface area contributed by atoms with Gasteiger partial charge >= 0.3 is 5.97 Å². The van der Waals surface area contributed by atoms with Crippen LogP contribution in [0.1, 0.15) is 20.7 Å². The van der Waals surface area contributed by atoms with Gasteiger partial charge in [-0.25, -0.2) is 4.79 Å². The van der Waals surface area contributed by atoms with Crippen LogP contribution < -0.4 is 11.1 Å². The number of rotatable bonds is 5. The number of aromatic hydroxyl groups is 2. The monoisotopic (exact) mass is 380 g/mol. The molecule has 0 bridgehead atoms. The van der Waals surface area contributed by atoms with Crippen molar-refractivity contribution in [2.45, 2.75) is 0 Å². The van der Waals surface area contributed by atoms with E-state index in [1.165, 1.54) is 24.3 Å². The number of amides is 2. The lowest BCUT2D eigenvalue weighted by molar-refractivity contribution is -0.119. The molecule has 0 unspecified atom stereocenters. The molecule has 0 aliphatic heterocycles. The smallest absolute Gasteiger partial charge is 0.342 e. The second kappa shape index (κ2) is 7.67. The number of nitrogens with two attached hydrogens (primary N) is 1. The SMILES string of the molecule is NC(=O)c1ccc(NC(=O)COC(=O)c2cc(O)c3ccccc3c2O)cc1. The summed E-state index contributed by atoms with van der Waals surface area (Å²) in [5.41, 5.74) is 5.56. The molecule has 28 heavy (non-hydrogen) atoms. The van der Waals surface area contributed by atoms with Crippen LogP contribution in [0.5, 0.6) is 11.5 Å². The van der Waals surface area contributed by atoms with Gasteiger partial charge in [-0.1, -0.05) is 24.3 Å². The number of hydrogen-bond acceptors (Lipinski definition) is 6. The van der Waals surface area contributed by atoms with Crippen molar-refractivity contribution >= 4 is 34.2 Å². The summed E-state index contributed by atoms with van der Waals surface area (Å²) in [6, 6.07) is 13.4. The summed E-state index contributed by atoms with van der Waals surface area (Å²) in [6.07, 6.45) is 0. The molecule has 5 N–H and O–H groups in total. The van der Waals surface area contributed by atoms with Gasteiger partial charge in [-0.3, -0.25) is 9.59 Å². The quantitative estimate of drug-likeness (QED) is 0.395. The van der Waals surface area contributed by atoms with Crippen molar-refractivity contribution in [2.75, 3.05) is 11.9 Å². The second-order valence-electron chi connectivity index (χ2n) is 5.90. The number of ether oxygens (including phenoxy) is 1. The maximum Gasteiger partial charge on any atom is 0.342 e.